The molecule has 0 aliphatic heterocycles. The summed E-state index contributed by atoms with van der Waals surface area (Å²) in [5.41, 5.74) is 0. The van der Waals surface area contributed by atoms with Gasteiger partial charge in [0.1, 0.15) is 0 Å². The summed E-state index contributed by atoms with van der Waals surface area (Å²) in [6.45, 7) is 4.19. The Bertz CT molecular complexity index is 88.2. The molecule has 0 saturated heterocycles. The summed E-state index contributed by atoms with van der Waals surface area (Å²) >= 11 is 7.74. The highest BCUT2D eigenvalue weighted by atomic mass is 35.5. The molecule has 0 amide bonds. The average molecular weight is 196 g/mol. The monoisotopic (exact) mass is 195 g/mol. The molecule has 0 heterocycles. The van der Waals surface area contributed by atoms with Gasteiger partial charge in [0.15, 0.2) is 0 Å². The lowest BCUT2D eigenvalue weighted by molar-refractivity contribution is 0.339. The Balaban J connectivity index is 3.15. The second-order valence-electron chi connectivity index (χ2n) is 2.89. The van der Waals surface area contributed by atoms with Gasteiger partial charge in [-0.3, -0.25) is 0 Å². The Morgan fingerprint density at radius 2 is 2.18 bits per heavy atom. The van der Waals surface area contributed by atoms with Crippen LogP contribution in [0.1, 0.15) is 13.3 Å². The Morgan fingerprint density at radius 1 is 1.55 bits per heavy atom. The molecule has 1 nitrogen and oxygen atoms in total. The zero-order valence-electron chi connectivity index (χ0n) is 7.64. The molecule has 0 aromatic rings. The molecule has 0 aliphatic carbocycles. The highest BCUT2D eigenvalue weighted by molar-refractivity contribution is 7.98. The van der Waals surface area contributed by atoms with E-state index in [1.165, 1.54) is 12.2 Å². The van der Waals surface area contributed by atoms with Gasteiger partial charge in [0.05, 0.1) is 0 Å². The van der Waals surface area contributed by atoms with Gasteiger partial charge in [0, 0.05) is 11.9 Å². The topological polar surface area (TPSA) is 3.24 Å². The number of halogens is 1. The quantitative estimate of drug-likeness (QED) is 0.473. The first kappa shape index (κ1) is 11.6. The second kappa shape index (κ2) is 7.26. The highest BCUT2D eigenvalue weighted by Crippen LogP contribution is 2.00. The van der Waals surface area contributed by atoms with Crippen LogP contribution in [0.5, 0.6) is 0 Å². The van der Waals surface area contributed by atoms with E-state index in [0.29, 0.717) is 0 Å². The normalized spacial score (nSPS) is 13.9. The van der Waals surface area contributed by atoms with Crippen LogP contribution in [0, 0.1) is 0 Å². The first-order chi connectivity index (χ1) is 5.16. The van der Waals surface area contributed by atoms with Crippen molar-refractivity contribution in [2.75, 3.05) is 32.1 Å². The lowest BCUT2D eigenvalue weighted by Crippen LogP contribution is -2.25. The van der Waals surface area contributed by atoms with E-state index in [1.54, 1.807) is 0 Å². The number of alkyl halides is 1. The third-order valence-corrected chi connectivity index (χ3v) is 2.29. The number of rotatable bonds is 6. The van der Waals surface area contributed by atoms with Crippen LogP contribution in [0.4, 0.5) is 0 Å². The van der Waals surface area contributed by atoms with Crippen molar-refractivity contribution in [3.8, 4) is 0 Å². The van der Waals surface area contributed by atoms with Crippen LogP contribution in [-0.4, -0.2) is 42.4 Å². The minimum Gasteiger partial charge on any atom is -0.305 e. The van der Waals surface area contributed by atoms with E-state index in [1.807, 2.05) is 18.7 Å². The van der Waals surface area contributed by atoms with Gasteiger partial charge in [-0.05, 0) is 38.9 Å². The van der Waals surface area contributed by atoms with E-state index in [4.69, 9.17) is 11.6 Å². The second-order valence-corrected chi connectivity index (χ2v) is 4.62. The SMILES string of the molecule is CSCCCN(C)CC(C)Cl. The molecular formula is C8H18ClNS. The van der Waals surface area contributed by atoms with Gasteiger partial charge in [-0.1, -0.05) is 0 Å². The standard InChI is InChI=1S/C8H18ClNS/c1-8(9)7-10(2)5-4-6-11-3/h8H,4-7H2,1-3H3. The molecule has 0 spiro atoms. The lowest BCUT2D eigenvalue weighted by atomic mass is 10.4. The molecule has 0 aromatic heterocycles. The fraction of sp³-hybridized carbons (Fsp3) is 1.00. The van der Waals surface area contributed by atoms with Crippen LogP contribution in [-0.2, 0) is 0 Å². The van der Waals surface area contributed by atoms with Gasteiger partial charge < -0.3 is 4.90 Å². The van der Waals surface area contributed by atoms with Crippen LogP contribution in [0.2, 0.25) is 0 Å². The summed E-state index contributed by atoms with van der Waals surface area (Å²) in [6.07, 6.45) is 3.41. The van der Waals surface area contributed by atoms with Crippen molar-refractivity contribution < 1.29 is 0 Å². The van der Waals surface area contributed by atoms with Gasteiger partial charge >= 0.3 is 0 Å². The predicted octanol–water partition coefficient (Wildman–Crippen LogP) is 2.30. The Labute approximate surface area is 79.5 Å². The molecule has 0 aliphatic rings. The smallest absolute Gasteiger partial charge is 0.0434 e. The number of thioether (sulfide) groups is 1. The zero-order valence-corrected chi connectivity index (χ0v) is 9.21. The van der Waals surface area contributed by atoms with Crippen molar-refractivity contribution in [2.45, 2.75) is 18.7 Å². The summed E-state index contributed by atoms with van der Waals surface area (Å²) in [4.78, 5) is 2.29. The van der Waals surface area contributed by atoms with E-state index in [2.05, 4.69) is 18.2 Å². The summed E-state index contributed by atoms with van der Waals surface area (Å²) in [6, 6.07) is 0. The lowest BCUT2D eigenvalue weighted by Gasteiger charge is -2.17. The van der Waals surface area contributed by atoms with Crippen LogP contribution >= 0.6 is 23.4 Å². The maximum Gasteiger partial charge on any atom is 0.0434 e. The molecule has 0 radical (unpaired) electrons. The van der Waals surface area contributed by atoms with Crippen molar-refractivity contribution in [1.29, 1.82) is 0 Å². The molecule has 3 heteroatoms. The summed E-state index contributed by atoms with van der Waals surface area (Å²) in [5.74, 6) is 1.25. The zero-order chi connectivity index (χ0) is 8.69. The molecule has 0 fully saturated rings. The molecule has 0 bridgehead atoms. The molecule has 1 unspecified atom stereocenters. The fourth-order valence-electron chi connectivity index (χ4n) is 1.000. The molecule has 11 heavy (non-hydrogen) atoms. The average Bonchev–Trinajstić information content (AvgIpc) is 1.86. The van der Waals surface area contributed by atoms with Crippen LogP contribution in [0.15, 0.2) is 0 Å². The third-order valence-electron chi connectivity index (χ3n) is 1.45. The van der Waals surface area contributed by atoms with E-state index in [-0.39, 0.29) is 5.38 Å². The van der Waals surface area contributed by atoms with E-state index < -0.39 is 0 Å². The summed E-state index contributed by atoms with van der Waals surface area (Å²) in [7, 11) is 2.12. The Hall–Kier alpha value is 0.600. The van der Waals surface area contributed by atoms with Crippen molar-refractivity contribution in [1.82, 2.24) is 4.90 Å². The van der Waals surface area contributed by atoms with Gasteiger partial charge in [-0.25, -0.2) is 0 Å². The Morgan fingerprint density at radius 3 is 2.64 bits per heavy atom. The van der Waals surface area contributed by atoms with Crippen molar-refractivity contribution >= 4 is 23.4 Å². The maximum atomic E-state index is 5.84. The van der Waals surface area contributed by atoms with Gasteiger partial charge in [-0.15, -0.1) is 11.6 Å². The van der Waals surface area contributed by atoms with Gasteiger partial charge in [0.25, 0.3) is 0 Å². The number of nitrogens with zero attached hydrogens (tertiary/aromatic N) is 1. The summed E-state index contributed by atoms with van der Waals surface area (Å²) < 4.78 is 0. The molecule has 0 saturated carbocycles. The maximum absolute atomic E-state index is 5.84. The molecule has 0 rings (SSSR count). The molecule has 0 aromatic carbocycles. The van der Waals surface area contributed by atoms with Crippen LogP contribution in [0.3, 0.4) is 0 Å². The minimum atomic E-state index is 0.272. The van der Waals surface area contributed by atoms with Crippen LogP contribution < -0.4 is 0 Å². The third kappa shape index (κ3) is 8.51. The van der Waals surface area contributed by atoms with E-state index in [0.717, 1.165) is 13.1 Å². The fourth-order valence-corrected chi connectivity index (χ4v) is 1.65. The van der Waals surface area contributed by atoms with Crippen LogP contribution in [0.25, 0.3) is 0 Å². The van der Waals surface area contributed by atoms with Crippen molar-refractivity contribution in [3.63, 3.8) is 0 Å². The minimum absolute atomic E-state index is 0.272. The van der Waals surface area contributed by atoms with E-state index >= 15 is 0 Å². The molecule has 0 N–H and O–H groups in total. The van der Waals surface area contributed by atoms with E-state index in [9.17, 15) is 0 Å². The Kier molecular flexibility index (Phi) is 7.66. The largest absolute Gasteiger partial charge is 0.305 e. The molecule has 68 valence electrons. The van der Waals surface area contributed by atoms with Crippen molar-refractivity contribution in [2.24, 2.45) is 0 Å². The predicted molar refractivity (Wildman–Crippen MR) is 55.8 cm³/mol. The molecule has 1 atom stereocenters. The highest BCUT2D eigenvalue weighted by Gasteiger charge is 2.01. The number of hydrogen-bond acceptors (Lipinski definition) is 2. The number of hydrogen-bond donors (Lipinski definition) is 0. The van der Waals surface area contributed by atoms with Gasteiger partial charge in [-0.2, -0.15) is 11.8 Å². The van der Waals surface area contributed by atoms with Gasteiger partial charge in [0.2, 0.25) is 0 Å². The van der Waals surface area contributed by atoms with Crippen molar-refractivity contribution in [3.05, 3.63) is 0 Å². The first-order valence-corrected chi connectivity index (χ1v) is 5.81. The summed E-state index contributed by atoms with van der Waals surface area (Å²) in [5, 5.41) is 0.272. The molecular weight excluding hydrogens is 178 g/mol. The first-order valence-electron chi connectivity index (χ1n) is 3.98.